The maximum absolute atomic E-state index is 13.7. The number of anilines is 1. The Morgan fingerprint density at radius 3 is 2.30 bits per heavy atom. The SMILES string of the molecule is CCOc1cncc(-c2cc(C(=O)N3CCN(c4ccc(C(=O)NS(C)(=O)=O)nn4)CC3)cc(C(C)(C)C)c2)c1. The summed E-state index contributed by atoms with van der Waals surface area (Å²) in [5.41, 5.74) is 3.17. The molecule has 11 nitrogen and oxygen atoms in total. The van der Waals surface area contributed by atoms with E-state index in [1.165, 1.54) is 6.07 Å². The van der Waals surface area contributed by atoms with Crippen LogP contribution >= 0.6 is 0 Å². The van der Waals surface area contributed by atoms with Crippen molar-refractivity contribution < 1.29 is 22.7 Å². The molecule has 0 unspecified atom stereocenters. The van der Waals surface area contributed by atoms with Gasteiger partial charge in [0.15, 0.2) is 11.5 Å². The Kier molecular flexibility index (Phi) is 8.38. The molecule has 3 heterocycles. The van der Waals surface area contributed by atoms with Crippen molar-refractivity contribution >= 4 is 27.7 Å². The number of ether oxygens (including phenoxy) is 1. The van der Waals surface area contributed by atoms with Crippen molar-refractivity contribution in [3.05, 3.63) is 65.6 Å². The van der Waals surface area contributed by atoms with E-state index >= 15 is 0 Å². The molecule has 12 heteroatoms. The first-order valence-electron chi connectivity index (χ1n) is 13.0. The molecule has 0 radical (unpaired) electrons. The normalized spacial score (nSPS) is 14.1. The molecule has 0 aliphatic carbocycles. The molecule has 1 aliphatic rings. The van der Waals surface area contributed by atoms with Crippen LogP contribution in [-0.4, -0.2) is 79.4 Å². The average molecular weight is 567 g/mol. The number of aromatic nitrogens is 3. The molecule has 2 aromatic heterocycles. The Bertz CT molecular complexity index is 1490. The molecular formula is C28H34N6O5S. The Balaban J connectivity index is 1.49. The first kappa shape index (κ1) is 28.9. The number of rotatable bonds is 7. The predicted molar refractivity (Wildman–Crippen MR) is 152 cm³/mol. The van der Waals surface area contributed by atoms with E-state index in [2.05, 4.69) is 42.0 Å². The van der Waals surface area contributed by atoms with E-state index in [1.54, 1.807) is 18.5 Å². The van der Waals surface area contributed by atoms with Crippen LogP contribution in [0.1, 0.15) is 54.1 Å². The molecule has 2 amide bonds. The van der Waals surface area contributed by atoms with Crippen LogP contribution in [0.2, 0.25) is 0 Å². The maximum atomic E-state index is 13.7. The van der Waals surface area contributed by atoms with Gasteiger partial charge >= 0.3 is 0 Å². The fraction of sp³-hybridized carbons (Fsp3) is 0.393. The largest absolute Gasteiger partial charge is 0.492 e. The molecule has 212 valence electrons. The van der Waals surface area contributed by atoms with Crippen LogP contribution in [0.5, 0.6) is 5.75 Å². The highest BCUT2D eigenvalue weighted by molar-refractivity contribution is 7.89. The highest BCUT2D eigenvalue weighted by Gasteiger charge is 2.26. The van der Waals surface area contributed by atoms with Gasteiger partial charge in [-0.2, -0.15) is 0 Å². The third kappa shape index (κ3) is 7.12. The Morgan fingerprint density at radius 1 is 0.975 bits per heavy atom. The molecule has 1 fully saturated rings. The van der Waals surface area contributed by atoms with E-state index in [4.69, 9.17) is 4.74 Å². The molecule has 0 saturated carbocycles. The smallest absolute Gasteiger partial charge is 0.285 e. The second-order valence-electron chi connectivity index (χ2n) is 10.7. The molecule has 0 spiro atoms. The van der Waals surface area contributed by atoms with Gasteiger partial charge in [0.25, 0.3) is 11.8 Å². The van der Waals surface area contributed by atoms with Gasteiger partial charge in [-0.25, -0.2) is 13.1 Å². The Morgan fingerprint density at radius 2 is 1.70 bits per heavy atom. The Hall–Kier alpha value is -4.06. The van der Waals surface area contributed by atoms with E-state index in [-0.39, 0.29) is 17.0 Å². The molecule has 0 atom stereocenters. The van der Waals surface area contributed by atoms with Crippen molar-refractivity contribution in [2.75, 3.05) is 43.9 Å². The van der Waals surface area contributed by atoms with Crippen LogP contribution in [0, 0.1) is 0 Å². The van der Waals surface area contributed by atoms with E-state index in [1.807, 2.05) is 39.6 Å². The fourth-order valence-corrected chi connectivity index (χ4v) is 4.77. The number of nitrogens with zero attached hydrogens (tertiary/aromatic N) is 5. The van der Waals surface area contributed by atoms with Crippen molar-refractivity contribution in [1.82, 2.24) is 24.8 Å². The average Bonchev–Trinajstić information content (AvgIpc) is 2.91. The zero-order chi connectivity index (χ0) is 29.1. The second kappa shape index (κ2) is 11.6. The number of pyridine rings is 1. The quantitative estimate of drug-likeness (QED) is 0.458. The van der Waals surface area contributed by atoms with Gasteiger partial charge in [-0.15, -0.1) is 10.2 Å². The summed E-state index contributed by atoms with van der Waals surface area (Å²) in [7, 11) is -3.70. The molecule has 1 aromatic carbocycles. The number of nitrogens with one attached hydrogen (secondary N) is 1. The van der Waals surface area contributed by atoms with Crippen LogP contribution in [0.25, 0.3) is 11.1 Å². The first-order valence-corrected chi connectivity index (χ1v) is 14.9. The van der Waals surface area contributed by atoms with Gasteiger partial charge in [-0.1, -0.05) is 26.8 Å². The summed E-state index contributed by atoms with van der Waals surface area (Å²) in [5.74, 6) is 0.327. The molecule has 1 N–H and O–H groups in total. The number of piperazine rings is 1. The van der Waals surface area contributed by atoms with Crippen LogP contribution < -0.4 is 14.4 Å². The lowest BCUT2D eigenvalue weighted by atomic mass is 9.84. The van der Waals surface area contributed by atoms with Crippen LogP contribution in [-0.2, 0) is 15.4 Å². The molecule has 1 aliphatic heterocycles. The molecule has 40 heavy (non-hydrogen) atoms. The zero-order valence-corrected chi connectivity index (χ0v) is 24.2. The summed E-state index contributed by atoms with van der Waals surface area (Å²) in [6.45, 7) is 10.8. The minimum absolute atomic E-state index is 0.0557. The van der Waals surface area contributed by atoms with E-state index in [9.17, 15) is 18.0 Å². The van der Waals surface area contributed by atoms with Gasteiger partial charge in [-0.3, -0.25) is 14.6 Å². The molecule has 3 aromatic rings. The first-order chi connectivity index (χ1) is 18.8. The van der Waals surface area contributed by atoms with Gasteiger partial charge in [-0.05, 0) is 53.8 Å². The van der Waals surface area contributed by atoms with Crippen molar-refractivity contribution in [3.8, 4) is 16.9 Å². The van der Waals surface area contributed by atoms with Crippen molar-refractivity contribution in [1.29, 1.82) is 0 Å². The molecule has 0 bridgehead atoms. The van der Waals surface area contributed by atoms with E-state index < -0.39 is 15.9 Å². The lowest BCUT2D eigenvalue weighted by Gasteiger charge is -2.35. The summed E-state index contributed by atoms with van der Waals surface area (Å²) in [5, 5.41) is 7.95. The molecule has 4 rings (SSSR count). The predicted octanol–water partition coefficient (Wildman–Crippen LogP) is 2.89. The summed E-state index contributed by atoms with van der Waals surface area (Å²) in [6, 6.07) is 10.9. The summed E-state index contributed by atoms with van der Waals surface area (Å²) in [6.07, 6.45) is 4.34. The number of sulfonamides is 1. The number of benzene rings is 1. The molecule has 1 saturated heterocycles. The van der Waals surface area contributed by atoms with Crippen molar-refractivity contribution in [2.24, 2.45) is 0 Å². The zero-order valence-electron chi connectivity index (χ0n) is 23.3. The third-order valence-corrected chi connectivity index (χ3v) is 7.01. The van der Waals surface area contributed by atoms with Crippen LogP contribution in [0.4, 0.5) is 5.82 Å². The van der Waals surface area contributed by atoms with Gasteiger partial charge < -0.3 is 14.5 Å². The maximum Gasteiger partial charge on any atom is 0.285 e. The second-order valence-corrected chi connectivity index (χ2v) is 12.4. The fourth-order valence-electron chi connectivity index (χ4n) is 4.33. The number of carbonyl (C=O) groups is 2. The van der Waals surface area contributed by atoms with Crippen molar-refractivity contribution in [3.63, 3.8) is 0 Å². The van der Waals surface area contributed by atoms with Gasteiger partial charge in [0, 0.05) is 43.5 Å². The minimum Gasteiger partial charge on any atom is -0.492 e. The Labute approximate surface area is 234 Å². The third-order valence-electron chi connectivity index (χ3n) is 6.46. The van der Waals surface area contributed by atoms with E-state index in [0.29, 0.717) is 49.9 Å². The number of hydrogen-bond acceptors (Lipinski definition) is 9. The number of hydrogen-bond donors (Lipinski definition) is 1. The number of amides is 2. The minimum atomic E-state index is -3.70. The standard InChI is InChI=1S/C28H34N6O5S/c1-6-39-23-16-21(17-29-18-23)19-13-20(15-22(14-19)28(2,3)4)27(36)34-11-9-33(10-12-34)25-8-7-24(30-31-25)26(35)32-40(5,37)38/h7-8,13-18H,6,9-12H2,1-5H3,(H,32,35). The van der Waals surface area contributed by atoms with Crippen molar-refractivity contribution in [2.45, 2.75) is 33.1 Å². The summed E-state index contributed by atoms with van der Waals surface area (Å²) >= 11 is 0. The van der Waals surface area contributed by atoms with Crippen LogP contribution in [0.3, 0.4) is 0 Å². The highest BCUT2D eigenvalue weighted by Crippen LogP contribution is 2.31. The van der Waals surface area contributed by atoms with E-state index in [0.717, 1.165) is 22.9 Å². The lowest BCUT2D eigenvalue weighted by Crippen LogP contribution is -2.49. The van der Waals surface area contributed by atoms with Gasteiger partial charge in [0.05, 0.1) is 19.1 Å². The van der Waals surface area contributed by atoms with Gasteiger partial charge in [0.2, 0.25) is 10.0 Å². The topological polar surface area (TPSA) is 135 Å². The highest BCUT2D eigenvalue weighted by atomic mass is 32.2. The molecular weight excluding hydrogens is 532 g/mol. The number of carbonyl (C=O) groups excluding carboxylic acids is 2. The summed E-state index contributed by atoms with van der Waals surface area (Å²) < 4.78 is 30.1. The summed E-state index contributed by atoms with van der Waals surface area (Å²) in [4.78, 5) is 33.7. The monoisotopic (exact) mass is 566 g/mol. The van der Waals surface area contributed by atoms with Gasteiger partial charge in [0.1, 0.15) is 5.75 Å². The van der Waals surface area contributed by atoms with Crippen LogP contribution in [0.15, 0.2) is 48.8 Å². The lowest BCUT2D eigenvalue weighted by molar-refractivity contribution is 0.0746.